The van der Waals surface area contributed by atoms with Crippen molar-refractivity contribution in [3.05, 3.63) is 35.1 Å². The lowest BCUT2D eigenvalue weighted by molar-refractivity contribution is -0.117. The Morgan fingerprint density at radius 1 is 1.53 bits per heavy atom. The zero-order chi connectivity index (χ0) is 14.8. The van der Waals surface area contributed by atoms with Gasteiger partial charge >= 0.3 is 0 Å². The maximum absolute atomic E-state index is 12.3. The number of rotatable bonds is 4. The highest BCUT2D eigenvalue weighted by atomic mass is 32.1. The first-order valence-electron chi connectivity index (χ1n) is 6.56. The van der Waals surface area contributed by atoms with Crippen molar-refractivity contribution in [2.24, 2.45) is 5.92 Å². The zero-order valence-electron chi connectivity index (χ0n) is 12.5. The van der Waals surface area contributed by atoms with E-state index < -0.39 is 8.07 Å². The van der Waals surface area contributed by atoms with Crippen LogP contribution in [0.1, 0.15) is 13.8 Å². The molecule has 0 aromatic rings. The van der Waals surface area contributed by atoms with Crippen molar-refractivity contribution in [3.8, 4) is 0 Å². The van der Waals surface area contributed by atoms with Gasteiger partial charge in [-0.25, -0.2) is 0 Å². The van der Waals surface area contributed by atoms with Crippen LogP contribution in [-0.2, 0) is 4.79 Å². The topological polar surface area (TPSA) is 29.1 Å². The highest BCUT2D eigenvalue weighted by Gasteiger charge is 2.33. The first kappa shape index (κ1) is 16.1. The van der Waals surface area contributed by atoms with E-state index in [0.717, 1.165) is 21.2 Å². The van der Waals surface area contributed by atoms with E-state index in [2.05, 4.69) is 38.5 Å². The summed E-state index contributed by atoms with van der Waals surface area (Å²) in [6, 6.07) is 0. The Morgan fingerprint density at radius 3 is 2.58 bits per heavy atom. The molecule has 0 radical (unpaired) electrons. The fraction of sp³-hybridized carbons (Fsp3) is 0.467. The summed E-state index contributed by atoms with van der Waals surface area (Å²) >= 11 is 5.62. The predicted molar refractivity (Wildman–Crippen MR) is 89.1 cm³/mol. The van der Waals surface area contributed by atoms with Crippen LogP contribution in [0.25, 0.3) is 0 Å². The summed E-state index contributed by atoms with van der Waals surface area (Å²) in [5.74, 6) is 0.221. The highest BCUT2D eigenvalue weighted by Crippen LogP contribution is 2.32. The van der Waals surface area contributed by atoms with Crippen molar-refractivity contribution in [1.82, 2.24) is 5.32 Å². The molecule has 1 rings (SSSR count). The third-order valence-corrected chi connectivity index (χ3v) is 6.14. The van der Waals surface area contributed by atoms with Gasteiger partial charge in [0.2, 0.25) is 0 Å². The van der Waals surface area contributed by atoms with Gasteiger partial charge in [-0.05, 0) is 18.2 Å². The average molecular weight is 294 g/mol. The van der Waals surface area contributed by atoms with E-state index in [4.69, 9.17) is 12.2 Å². The number of amides is 1. The first-order chi connectivity index (χ1) is 8.70. The van der Waals surface area contributed by atoms with Crippen molar-refractivity contribution in [1.29, 1.82) is 0 Å². The maximum Gasteiger partial charge on any atom is 0.251 e. The second-order valence-corrected chi connectivity index (χ2v) is 11.5. The summed E-state index contributed by atoms with van der Waals surface area (Å²) in [5, 5.41) is 3.99. The smallest absolute Gasteiger partial charge is 0.251 e. The van der Waals surface area contributed by atoms with Gasteiger partial charge in [-0.2, -0.15) is 0 Å². The molecular weight excluding hydrogens is 270 g/mol. The van der Waals surface area contributed by atoms with Gasteiger partial charge in [0.15, 0.2) is 0 Å². The third kappa shape index (κ3) is 3.51. The Labute approximate surface area is 122 Å². The summed E-state index contributed by atoms with van der Waals surface area (Å²) in [7, 11) is -1.65. The van der Waals surface area contributed by atoms with E-state index in [1.54, 1.807) is 6.08 Å². The molecule has 0 aromatic carbocycles. The van der Waals surface area contributed by atoms with Crippen LogP contribution in [0.15, 0.2) is 35.1 Å². The molecule has 0 aliphatic heterocycles. The van der Waals surface area contributed by atoms with Crippen LogP contribution < -0.4 is 5.32 Å². The fourth-order valence-electron chi connectivity index (χ4n) is 2.19. The van der Waals surface area contributed by atoms with Gasteiger partial charge in [0.25, 0.3) is 5.91 Å². The van der Waals surface area contributed by atoms with Crippen LogP contribution in [0.2, 0.25) is 19.6 Å². The molecule has 0 bridgehead atoms. The van der Waals surface area contributed by atoms with Crippen molar-refractivity contribution >= 4 is 31.1 Å². The summed E-state index contributed by atoms with van der Waals surface area (Å²) in [6.45, 7) is 15.0. The molecule has 0 saturated carbocycles. The van der Waals surface area contributed by atoms with Crippen LogP contribution in [-0.4, -0.2) is 25.4 Å². The summed E-state index contributed by atoms with van der Waals surface area (Å²) in [6.07, 6.45) is 3.69. The Bertz CT molecular complexity index is 483. The lowest BCUT2D eigenvalue weighted by Crippen LogP contribution is -2.38. The Morgan fingerprint density at radius 2 is 2.11 bits per heavy atom. The monoisotopic (exact) mass is 293 g/mol. The predicted octanol–water partition coefficient (Wildman–Crippen LogP) is 3.43. The molecule has 1 atom stereocenters. The van der Waals surface area contributed by atoms with E-state index >= 15 is 0 Å². The van der Waals surface area contributed by atoms with Gasteiger partial charge in [-0.1, -0.05) is 50.4 Å². The van der Waals surface area contributed by atoms with Crippen LogP contribution in [0, 0.1) is 5.92 Å². The van der Waals surface area contributed by atoms with Crippen LogP contribution in [0.4, 0.5) is 0 Å². The van der Waals surface area contributed by atoms with Crippen molar-refractivity contribution in [3.63, 3.8) is 0 Å². The number of thiocarbonyl (C=S) groups is 1. The molecule has 4 heteroatoms. The molecule has 1 aliphatic carbocycles. The normalized spacial score (nSPS) is 20.2. The van der Waals surface area contributed by atoms with E-state index in [1.807, 2.05) is 13.0 Å². The van der Waals surface area contributed by atoms with Gasteiger partial charge in [-0.15, -0.1) is 6.58 Å². The van der Waals surface area contributed by atoms with E-state index in [-0.39, 0.29) is 11.8 Å². The molecule has 1 N–H and O–H groups in total. The quantitative estimate of drug-likeness (QED) is 0.489. The van der Waals surface area contributed by atoms with Crippen molar-refractivity contribution < 1.29 is 4.79 Å². The highest BCUT2D eigenvalue weighted by molar-refractivity contribution is 7.81. The minimum absolute atomic E-state index is 0.0362. The lowest BCUT2D eigenvalue weighted by Gasteiger charge is -2.31. The number of hydrogen-bond acceptors (Lipinski definition) is 2. The number of nitrogens with one attached hydrogen (secondary N) is 1. The minimum Gasteiger partial charge on any atom is -0.349 e. The summed E-state index contributed by atoms with van der Waals surface area (Å²) < 4.78 is 0. The molecule has 104 valence electrons. The van der Waals surface area contributed by atoms with Crippen LogP contribution in [0.5, 0.6) is 0 Å². The molecule has 0 heterocycles. The summed E-state index contributed by atoms with van der Waals surface area (Å²) in [4.78, 5) is 13.3. The lowest BCUT2D eigenvalue weighted by atomic mass is 9.90. The van der Waals surface area contributed by atoms with Crippen LogP contribution >= 0.6 is 12.2 Å². The number of carbonyl (C=O) groups excluding carboxylic acids is 1. The standard InChI is InChI=1S/C15H23NOSSi/c1-7-8-16-15(17)12-9-10(2)11(3)13(18)14(12)19(4,5)6/h7,9,11H,1,8H2,2-6H3,(H,16,17). The fourth-order valence-corrected chi connectivity index (χ4v) is 5.36. The Hall–Kier alpha value is -1.00. The largest absolute Gasteiger partial charge is 0.349 e. The van der Waals surface area contributed by atoms with Crippen LogP contribution in [0.3, 0.4) is 0 Å². The molecule has 0 aromatic heterocycles. The van der Waals surface area contributed by atoms with E-state index in [1.165, 1.54) is 0 Å². The number of allylic oxidation sites excluding steroid dienone is 2. The SMILES string of the molecule is C=CCNC(=O)C1=C([Si](C)(C)C)C(=S)C(C)C(C)=C1. The third-order valence-electron chi connectivity index (χ3n) is 3.37. The van der Waals surface area contributed by atoms with E-state index in [9.17, 15) is 4.79 Å². The average Bonchev–Trinajstić information content (AvgIpc) is 2.30. The number of carbonyl (C=O) groups is 1. The van der Waals surface area contributed by atoms with Gasteiger partial charge in [0.1, 0.15) is 0 Å². The molecular formula is C15H23NOSSi. The zero-order valence-corrected chi connectivity index (χ0v) is 14.3. The maximum atomic E-state index is 12.3. The molecule has 1 aliphatic rings. The molecule has 1 unspecified atom stereocenters. The van der Waals surface area contributed by atoms with Gasteiger partial charge in [0.05, 0.1) is 8.07 Å². The molecule has 2 nitrogen and oxygen atoms in total. The molecule has 1 amide bonds. The molecule has 0 spiro atoms. The van der Waals surface area contributed by atoms with Crippen molar-refractivity contribution in [2.75, 3.05) is 6.54 Å². The minimum atomic E-state index is -1.65. The van der Waals surface area contributed by atoms with Gasteiger partial charge in [-0.3, -0.25) is 4.79 Å². The first-order valence-corrected chi connectivity index (χ1v) is 10.5. The second kappa shape index (κ2) is 5.97. The second-order valence-electron chi connectivity index (χ2n) is 6.01. The Kier molecular flexibility index (Phi) is 5.04. The molecule has 0 fully saturated rings. The molecule has 0 saturated heterocycles. The van der Waals surface area contributed by atoms with E-state index in [0.29, 0.717) is 6.54 Å². The Balaban J connectivity index is 3.33. The van der Waals surface area contributed by atoms with Gasteiger partial charge in [0, 0.05) is 22.9 Å². The van der Waals surface area contributed by atoms with Crippen molar-refractivity contribution in [2.45, 2.75) is 33.5 Å². The van der Waals surface area contributed by atoms with Gasteiger partial charge < -0.3 is 5.32 Å². The number of hydrogen-bond donors (Lipinski definition) is 1. The molecule has 19 heavy (non-hydrogen) atoms. The summed E-state index contributed by atoms with van der Waals surface area (Å²) in [5.41, 5.74) is 1.93.